The van der Waals surface area contributed by atoms with Gasteiger partial charge < -0.3 is 4.90 Å². The van der Waals surface area contributed by atoms with Crippen LogP contribution in [0, 0.1) is 5.92 Å². The van der Waals surface area contributed by atoms with Crippen molar-refractivity contribution in [1.82, 2.24) is 9.88 Å². The van der Waals surface area contributed by atoms with E-state index in [-0.39, 0.29) is 18.4 Å². The second-order valence-electron chi connectivity index (χ2n) is 4.55. The van der Waals surface area contributed by atoms with Gasteiger partial charge in [0.1, 0.15) is 5.69 Å². The molecule has 1 unspecified atom stereocenters. The third-order valence-electron chi connectivity index (χ3n) is 3.00. The molecule has 3 nitrogen and oxygen atoms in total. The van der Waals surface area contributed by atoms with Crippen LogP contribution in [0.4, 0.5) is 13.2 Å². The number of hydrogen-bond donors (Lipinski definition) is 0. The third-order valence-corrected chi connectivity index (χ3v) is 3.44. The summed E-state index contributed by atoms with van der Waals surface area (Å²) in [7, 11) is 0. The molecule has 1 aliphatic heterocycles. The van der Waals surface area contributed by atoms with Crippen LogP contribution < -0.4 is 0 Å². The number of nitrogens with zero attached hydrogens (tertiary/aromatic N) is 2. The fourth-order valence-electron chi connectivity index (χ4n) is 2.02. The molecule has 2 rings (SSSR count). The first-order chi connectivity index (χ1) is 8.90. The molecule has 104 valence electrons. The zero-order valence-electron chi connectivity index (χ0n) is 9.95. The Labute approximate surface area is 113 Å². The van der Waals surface area contributed by atoms with E-state index < -0.39 is 11.9 Å². The lowest BCUT2D eigenvalue weighted by Crippen LogP contribution is -2.25. The van der Waals surface area contributed by atoms with Crippen LogP contribution >= 0.6 is 11.6 Å². The molecule has 1 aromatic heterocycles. The number of rotatable bonds is 3. The van der Waals surface area contributed by atoms with E-state index >= 15 is 0 Å². The van der Waals surface area contributed by atoms with Crippen molar-refractivity contribution in [3.8, 4) is 0 Å². The number of alkyl halides is 4. The lowest BCUT2D eigenvalue weighted by atomic mass is 10.1. The van der Waals surface area contributed by atoms with Crippen LogP contribution in [-0.2, 0) is 17.5 Å². The molecule has 1 fully saturated rings. The molecule has 1 aromatic rings. The molecule has 0 N–H and O–H groups in total. The summed E-state index contributed by atoms with van der Waals surface area (Å²) in [5.41, 5.74) is -0.348. The summed E-state index contributed by atoms with van der Waals surface area (Å²) in [6, 6.07) is 2.27. The molecule has 0 aliphatic carbocycles. The molecule has 1 saturated heterocycles. The van der Waals surface area contributed by atoms with E-state index in [2.05, 4.69) is 4.98 Å². The van der Waals surface area contributed by atoms with E-state index in [1.165, 1.54) is 6.07 Å². The van der Waals surface area contributed by atoms with Crippen molar-refractivity contribution < 1.29 is 18.0 Å². The van der Waals surface area contributed by atoms with E-state index in [4.69, 9.17) is 11.6 Å². The van der Waals surface area contributed by atoms with Crippen LogP contribution in [0.25, 0.3) is 0 Å². The summed E-state index contributed by atoms with van der Waals surface area (Å²) in [6.45, 7) is 0.820. The van der Waals surface area contributed by atoms with Gasteiger partial charge in [0, 0.05) is 31.6 Å². The number of aromatic nitrogens is 1. The van der Waals surface area contributed by atoms with Crippen LogP contribution in [0.2, 0.25) is 0 Å². The molecular weight excluding hydrogens is 281 g/mol. The van der Waals surface area contributed by atoms with Crippen LogP contribution in [0.1, 0.15) is 17.7 Å². The zero-order valence-corrected chi connectivity index (χ0v) is 10.7. The fourth-order valence-corrected chi connectivity index (χ4v) is 2.22. The molecule has 1 atom stereocenters. The Morgan fingerprint density at radius 1 is 1.42 bits per heavy atom. The molecule has 1 aliphatic rings. The Balaban J connectivity index is 2.02. The van der Waals surface area contributed by atoms with Gasteiger partial charge in [0.05, 0.1) is 0 Å². The SMILES string of the molecule is O=C1CC(CCl)CN1Cc1ccc(C(F)(F)F)nc1. The Morgan fingerprint density at radius 3 is 2.63 bits per heavy atom. The normalized spacial score (nSPS) is 20.1. The molecule has 7 heteroatoms. The molecule has 0 saturated carbocycles. The Hall–Kier alpha value is -1.30. The first-order valence-corrected chi connectivity index (χ1v) is 6.29. The van der Waals surface area contributed by atoms with Gasteiger partial charge in [0.25, 0.3) is 0 Å². The molecule has 0 spiro atoms. The first-order valence-electron chi connectivity index (χ1n) is 5.76. The van der Waals surface area contributed by atoms with Crippen molar-refractivity contribution >= 4 is 17.5 Å². The van der Waals surface area contributed by atoms with Crippen molar-refractivity contribution in [2.75, 3.05) is 12.4 Å². The van der Waals surface area contributed by atoms with E-state index in [0.717, 1.165) is 12.3 Å². The summed E-state index contributed by atoms with van der Waals surface area (Å²) in [4.78, 5) is 16.6. The highest BCUT2D eigenvalue weighted by atomic mass is 35.5. The monoisotopic (exact) mass is 292 g/mol. The third kappa shape index (κ3) is 3.37. The maximum atomic E-state index is 12.3. The second-order valence-corrected chi connectivity index (χ2v) is 4.86. The van der Waals surface area contributed by atoms with Crippen molar-refractivity contribution in [3.63, 3.8) is 0 Å². The van der Waals surface area contributed by atoms with Gasteiger partial charge in [0.15, 0.2) is 0 Å². The summed E-state index contributed by atoms with van der Waals surface area (Å²) >= 11 is 5.70. The Morgan fingerprint density at radius 2 is 2.16 bits per heavy atom. The molecule has 0 radical (unpaired) electrons. The summed E-state index contributed by atoms with van der Waals surface area (Å²) in [5.74, 6) is 0.509. The Bertz CT molecular complexity index is 461. The number of hydrogen-bond acceptors (Lipinski definition) is 2. The number of likely N-dealkylation sites (tertiary alicyclic amines) is 1. The number of pyridine rings is 1. The van der Waals surface area contributed by atoms with Crippen molar-refractivity contribution in [2.45, 2.75) is 19.1 Å². The van der Waals surface area contributed by atoms with Gasteiger partial charge in [-0.25, -0.2) is 0 Å². The maximum absolute atomic E-state index is 12.3. The molecule has 0 aromatic carbocycles. The Kier molecular flexibility index (Phi) is 3.99. The van der Waals surface area contributed by atoms with Gasteiger partial charge in [-0.05, 0) is 17.5 Å². The van der Waals surface area contributed by atoms with Gasteiger partial charge in [-0.2, -0.15) is 13.2 Å². The summed E-state index contributed by atoms with van der Waals surface area (Å²) in [6.07, 6.45) is -2.88. The minimum Gasteiger partial charge on any atom is -0.338 e. The van der Waals surface area contributed by atoms with Gasteiger partial charge in [-0.15, -0.1) is 11.6 Å². The van der Waals surface area contributed by atoms with Crippen LogP contribution in [0.15, 0.2) is 18.3 Å². The molecule has 19 heavy (non-hydrogen) atoms. The average molecular weight is 293 g/mol. The molecule has 1 amide bonds. The number of carbonyl (C=O) groups excluding carboxylic acids is 1. The van der Waals surface area contributed by atoms with E-state index in [0.29, 0.717) is 24.4 Å². The quantitative estimate of drug-likeness (QED) is 0.803. The van der Waals surface area contributed by atoms with E-state index in [1.54, 1.807) is 4.90 Å². The van der Waals surface area contributed by atoms with Crippen molar-refractivity contribution in [2.24, 2.45) is 5.92 Å². The average Bonchev–Trinajstić information content (AvgIpc) is 2.70. The smallest absolute Gasteiger partial charge is 0.338 e. The number of halogens is 4. The molecular formula is C12H12ClF3N2O. The van der Waals surface area contributed by atoms with Crippen LogP contribution in [-0.4, -0.2) is 28.2 Å². The van der Waals surface area contributed by atoms with Crippen molar-refractivity contribution in [3.05, 3.63) is 29.6 Å². The highest BCUT2D eigenvalue weighted by Crippen LogP contribution is 2.27. The van der Waals surface area contributed by atoms with E-state index in [1.807, 2.05) is 0 Å². The van der Waals surface area contributed by atoms with Gasteiger partial charge in [0.2, 0.25) is 5.91 Å². The number of amides is 1. The second kappa shape index (κ2) is 5.36. The van der Waals surface area contributed by atoms with Gasteiger partial charge in [-0.1, -0.05) is 6.07 Å². The zero-order chi connectivity index (χ0) is 14.0. The number of carbonyl (C=O) groups is 1. The lowest BCUT2D eigenvalue weighted by molar-refractivity contribution is -0.141. The highest BCUT2D eigenvalue weighted by molar-refractivity contribution is 6.18. The maximum Gasteiger partial charge on any atom is 0.433 e. The van der Waals surface area contributed by atoms with Crippen molar-refractivity contribution in [1.29, 1.82) is 0 Å². The molecule has 2 heterocycles. The van der Waals surface area contributed by atoms with Gasteiger partial charge in [-0.3, -0.25) is 9.78 Å². The van der Waals surface area contributed by atoms with Gasteiger partial charge >= 0.3 is 6.18 Å². The molecule has 0 bridgehead atoms. The summed E-state index contributed by atoms with van der Waals surface area (Å²) in [5, 5.41) is 0. The minimum absolute atomic E-state index is 0.0226. The first kappa shape index (κ1) is 14.1. The standard InChI is InChI=1S/C12H12ClF3N2O/c13-4-9-3-11(19)18(7-9)6-8-1-2-10(17-5-8)12(14,15)16/h1-2,5,9H,3-4,6-7H2. The highest BCUT2D eigenvalue weighted by Gasteiger charge is 2.32. The van der Waals surface area contributed by atoms with Crippen LogP contribution in [0.5, 0.6) is 0 Å². The lowest BCUT2D eigenvalue weighted by Gasteiger charge is -2.16. The topological polar surface area (TPSA) is 33.2 Å². The predicted octanol–water partition coefficient (Wildman–Crippen LogP) is 2.69. The minimum atomic E-state index is -4.44. The fraction of sp³-hybridized carbons (Fsp3) is 0.500. The predicted molar refractivity (Wildman–Crippen MR) is 63.5 cm³/mol. The van der Waals surface area contributed by atoms with E-state index in [9.17, 15) is 18.0 Å². The van der Waals surface area contributed by atoms with Crippen LogP contribution in [0.3, 0.4) is 0 Å². The summed E-state index contributed by atoms with van der Waals surface area (Å²) < 4.78 is 37.0. The largest absolute Gasteiger partial charge is 0.433 e.